The number of hydrogen-bond acceptors (Lipinski definition) is 5. The number of hydrogen-bond donors (Lipinski definition) is 1. The Morgan fingerprint density at radius 3 is 3.05 bits per heavy atom. The van der Waals surface area contributed by atoms with E-state index in [2.05, 4.69) is 15.1 Å². The molecule has 0 amide bonds. The third-order valence-electron chi connectivity index (χ3n) is 3.51. The quantitative estimate of drug-likeness (QED) is 0.675. The number of aliphatic hydroxyl groups is 1. The summed E-state index contributed by atoms with van der Waals surface area (Å²) in [6, 6.07) is 3.94. The molecule has 0 radical (unpaired) electrons. The Bertz CT molecular complexity index is 652. The Morgan fingerprint density at radius 2 is 2.33 bits per heavy atom. The van der Waals surface area contributed by atoms with Crippen molar-refractivity contribution in [1.82, 2.24) is 19.5 Å². The molecular formula is C14H19N5O2. The van der Waals surface area contributed by atoms with Gasteiger partial charge < -0.3 is 14.7 Å². The van der Waals surface area contributed by atoms with Gasteiger partial charge in [0.15, 0.2) is 5.82 Å². The van der Waals surface area contributed by atoms with Crippen molar-refractivity contribution in [2.45, 2.75) is 25.0 Å². The van der Waals surface area contributed by atoms with Gasteiger partial charge in [0.05, 0.1) is 24.7 Å². The lowest BCUT2D eigenvalue weighted by molar-refractivity contribution is 0.00856. The second kappa shape index (κ2) is 5.79. The predicted molar refractivity (Wildman–Crippen MR) is 78.8 cm³/mol. The summed E-state index contributed by atoms with van der Waals surface area (Å²) in [4.78, 5) is 10.4. The van der Waals surface area contributed by atoms with Gasteiger partial charge in [-0.25, -0.2) is 14.5 Å². The zero-order valence-electron chi connectivity index (χ0n) is 12.2. The van der Waals surface area contributed by atoms with Crippen LogP contribution < -0.4 is 0 Å². The van der Waals surface area contributed by atoms with Crippen LogP contribution in [0.2, 0.25) is 0 Å². The molecule has 0 bridgehead atoms. The summed E-state index contributed by atoms with van der Waals surface area (Å²) in [7, 11) is 3.82. The van der Waals surface area contributed by atoms with E-state index in [0.29, 0.717) is 5.82 Å². The molecule has 3 heterocycles. The van der Waals surface area contributed by atoms with Crippen LogP contribution in [0.5, 0.6) is 0 Å². The topological polar surface area (TPSA) is 75.3 Å². The number of aliphatic imine (C=N–C) groups is 1. The molecule has 0 aliphatic carbocycles. The van der Waals surface area contributed by atoms with Crippen LogP contribution in [0, 0.1) is 0 Å². The molecule has 7 heteroatoms. The smallest absolute Gasteiger partial charge is 0.181 e. The van der Waals surface area contributed by atoms with Crippen LogP contribution in [0.1, 0.15) is 24.6 Å². The van der Waals surface area contributed by atoms with Gasteiger partial charge in [0, 0.05) is 14.1 Å². The van der Waals surface area contributed by atoms with Gasteiger partial charge in [-0.3, -0.25) is 0 Å². The van der Waals surface area contributed by atoms with Crippen molar-refractivity contribution in [3.8, 4) is 0 Å². The Kier molecular flexibility index (Phi) is 3.85. The standard InChI is InChI=1S/C14H19N5O2/c1-18(2)9-16-14-12-5-4-11(19(12)17-8-15-14)13-6-3-10(7-20)21-13/h4-5,8-10,13,20H,3,6-7H2,1-2H3/b16-9-/t10-,13+/m0/s1. The molecule has 1 N–H and O–H groups in total. The highest BCUT2D eigenvalue weighted by Crippen LogP contribution is 2.34. The monoisotopic (exact) mass is 289 g/mol. The first-order chi connectivity index (χ1) is 10.2. The molecule has 0 spiro atoms. The Morgan fingerprint density at radius 1 is 1.48 bits per heavy atom. The second-order valence-electron chi connectivity index (χ2n) is 5.35. The molecule has 0 aromatic carbocycles. The zero-order chi connectivity index (χ0) is 14.8. The average molecular weight is 289 g/mol. The number of aromatic nitrogens is 3. The first-order valence-corrected chi connectivity index (χ1v) is 6.98. The number of rotatable bonds is 4. The molecule has 0 saturated carbocycles. The molecular weight excluding hydrogens is 270 g/mol. The van der Waals surface area contributed by atoms with Gasteiger partial charge in [0.2, 0.25) is 0 Å². The van der Waals surface area contributed by atoms with E-state index in [9.17, 15) is 5.11 Å². The van der Waals surface area contributed by atoms with E-state index in [0.717, 1.165) is 24.1 Å². The van der Waals surface area contributed by atoms with Crippen molar-refractivity contribution >= 4 is 17.7 Å². The van der Waals surface area contributed by atoms with E-state index < -0.39 is 0 Å². The molecule has 2 aromatic heterocycles. The molecule has 1 aliphatic rings. The number of nitrogens with zero attached hydrogens (tertiary/aromatic N) is 5. The highest BCUT2D eigenvalue weighted by molar-refractivity contribution is 5.70. The fourth-order valence-electron chi connectivity index (χ4n) is 2.51. The minimum atomic E-state index is -0.0754. The summed E-state index contributed by atoms with van der Waals surface area (Å²) in [5.41, 5.74) is 1.83. The highest BCUT2D eigenvalue weighted by atomic mass is 16.5. The van der Waals surface area contributed by atoms with Crippen molar-refractivity contribution in [2.24, 2.45) is 4.99 Å². The van der Waals surface area contributed by atoms with Crippen LogP contribution in [-0.4, -0.2) is 57.7 Å². The number of aliphatic hydroxyl groups excluding tert-OH is 1. The summed E-state index contributed by atoms with van der Waals surface area (Å²) >= 11 is 0. The van der Waals surface area contributed by atoms with E-state index in [1.54, 1.807) is 6.34 Å². The van der Waals surface area contributed by atoms with Crippen LogP contribution in [0.3, 0.4) is 0 Å². The van der Waals surface area contributed by atoms with Gasteiger partial charge in [0.25, 0.3) is 0 Å². The minimum Gasteiger partial charge on any atom is -0.394 e. The molecule has 0 unspecified atom stereocenters. The van der Waals surface area contributed by atoms with E-state index in [-0.39, 0.29) is 18.8 Å². The largest absolute Gasteiger partial charge is 0.394 e. The van der Waals surface area contributed by atoms with E-state index in [4.69, 9.17) is 4.74 Å². The summed E-state index contributed by atoms with van der Waals surface area (Å²) in [6.07, 6.45) is 4.85. The summed E-state index contributed by atoms with van der Waals surface area (Å²) < 4.78 is 7.64. The molecule has 3 rings (SSSR count). The van der Waals surface area contributed by atoms with Gasteiger partial charge >= 0.3 is 0 Å². The van der Waals surface area contributed by atoms with Crippen LogP contribution in [0.25, 0.3) is 5.52 Å². The Balaban J connectivity index is 1.94. The van der Waals surface area contributed by atoms with Crippen molar-refractivity contribution < 1.29 is 9.84 Å². The van der Waals surface area contributed by atoms with E-state index in [1.807, 2.05) is 35.6 Å². The van der Waals surface area contributed by atoms with Crippen LogP contribution in [-0.2, 0) is 4.74 Å². The lowest BCUT2D eigenvalue weighted by Gasteiger charge is -2.12. The number of ether oxygens (including phenoxy) is 1. The van der Waals surface area contributed by atoms with Crippen molar-refractivity contribution in [3.05, 3.63) is 24.2 Å². The molecule has 112 valence electrons. The SMILES string of the molecule is CN(C)/C=N\c1ncnn2c([C@H]3CC[C@@H](CO)O3)ccc12. The molecule has 21 heavy (non-hydrogen) atoms. The molecule has 7 nitrogen and oxygen atoms in total. The molecule has 2 aromatic rings. The van der Waals surface area contributed by atoms with Crippen LogP contribution in [0.15, 0.2) is 23.5 Å². The fourth-order valence-corrected chi connectivity index (χ4v) is 2.51. The summed E-state index contributed by atoms with van der Waals surface area (Å²) in [6.45, 7) is 0.0627. The van der Waals surface area contributed by atoms with Gasteiger partial charge in [0.1, 0.15) is 17.9 Å². The first-order valence-electron chi connectivity index (χ1n) is 6.98. The van der Waals surface area contributed by atoms with Crippen LogP contribution >= 0.6 is 0 Å². The molecule has 1 saturated heterocycles. The summed E-state index contributed by atoms with van der Waals surface area (Å²) in [5.74, 6) is 0.627. The lowest BCUT2D eigenvalue weighted by Crippen LogP contribution is -2.12. The maximum Gasteiger partial charge on any atom is 0.181 e. The Hall–Kier alpha value is -1.99. The van der Waals surface area contributed by atoms with Gasteiger partial charge in [-0.15, -0.1) is 0 Å². The number of fused-ring (bicyclic) bond motifs is 1. The lowest BCUT2D eigenvalue weighted by atomic mass is 10.1. The normalized spacial score (nSPS) is 22.4. The first kappa shape index (κ1) is 14.0. The molecule has 2 atom stereocenters. The van der Waals surface area contributed by atoms with Gasteiger partial charge in [-0.1, -0.05) is 0 Å². The maximum absolute atomic E-state index is 9.18. The predicted octanol–water partition coefficient (Wildman–Crippen LogP) is 1.16. The summed E-state index contributed by atoms with van der Waals surface area (Å²) in [5, 5.41) is 13.5. The maximum atomic E-state index is 9.18. The third kappa shape index (κ3) is 2.74. The highest BCUT2D eigenvalue weighted by Gasteiger charge is 2.28. The van der Waals surface area contributed by atoms with Gasteiger partial charge in [-0.2, -0.15) is 5.10 Å². The van der Waals surface area contributed by atoms with Crippen molar-refractivity contribution in [1.29, 1.82) is 0 Å². The van der Waals surface area contributed by atoms with Crippen LogP contribution in [0.4, 0.5) is 5.82 Å². The van der Waals surface area contributed by atoms with E-state index in [1.165, 1.54) is 6.33 Å². The van der Waals surface area contributed by atoms with Crippen molar-refractivity contribution in [2.75, 3.05) is 20.7 Å². The zero-order valence-corrected chi connectivity index (χ0v) is 12.2. The van der Waals surface area contributed by atoms with Gasteiger partial charge in [-0.05, 0) is 25.0 Å². The third-order valence-corrected chi connectivity index (χ3v) is 3.51. The minimum absolute atomic E-state index is 0.0368. The van der Waals surface area contributed by atoms with Crippen molar-refractivity contribution in [3.63, 3.8) is 0 Å². The second-order valence-corrected chi connectivity index (χ2v) is 5.35. The molecule has 1 fully saturated rings. The molecule has 1 aliphatic heterocycles. The fraction of sp³-hybridized carbons (Fsp3) is 0.500. The van der Waals surface area contributed by atoms with E-state index >= 15 is 0 Å². The average Bonchev–Trinajstić information content (AvgIpc) is 3.10. The Labute approximate surface area is 122 Å².